The minimum atomic E-state index is -0.719. The number of allylic oxidation sites excluding steroid dienone is 4. The lowest BCUT2D eigenvalue weighted by molar-refractivity contribution is -0.143. The van der Waals surface area contributed by atoms with Crippen LogP contribution < -0.4 is 5.32 Å². The van der Waals surface area contributed by atoms with Crippen LogP contribution in [0.3, 0.4) is 0 Å². The standard InChI is InChI=1S/C30H46FNO4.C2H6/c1-7-9-16-28(31)26(15-12-17-29(34)36-8-2)21-35-22-27(33)20-32-30(5,6)19-23(3)18-25-14-11-10-13-24(25)4;1-2/h7,9-11,13-14,16,23,27,32-33H,1,8,12,15,17-22H2,2-6H3;1-2H3/b16-9-,28-26-;. The second-order valence-electron chi connectivity index (χ2n) is 10.1. The van der Waals surface area contributed by atoms with E-state index in [1.54, 1.807) is 6.92 Å². The highest BCUT2D eigenvalue weighted by molar-refractivity contribution is 5.69. The topological polar surface area (TPSA) is 67.8 Å². The van der Waals surface area contributed by atoms with Crippen LogP contribution in [0.25, 0.3) is 0 Å². The van der Waals surface area contributed by atoms with Gasteiger partial charge in [-0.05, 0) is 82.1 Å². The predicted octanol–water partition coefficient (Wildman–Crippen LogP) is 7.03. The zero-order valence-electron chi connectivity index (χ0n) is 24.8. The van der Waals surface area contributed by atoms with Gasteiger partial charge in [0, 0.05) is 18.5 Å². The Morgan fingerprint density at radius 1 is 1.24 bits per heavy atom. The number of benzene rings is 1. The number of ether oxygens (including phenoxy) is 2. The van der Waals surface area contributed by atoms with E-state index in [-0.39, 0.29) is 31.1 Å². The summed E-state index contributed by atoms with van der Waals surface area (Å²) in [5.74, 6) is -0.219. The van der Waals surface area contributed by atoms with E-state index in [0.717, 1.165) is 12.8 Å². The van der Waals surface area contributed by atoms with Gasteiger partial charge in [-0.1, -0.05) is 63.8 Å². The third kappa shape index (κ3) is 16.5. The summed E-state index contributed by atoms with van der Waals surface area (Å²) in [5, 5.41) is 13.9. The van der Waals surface area contributed by atoms with Gasteiger partial charge in [-0.3, -0.25) is 4.79 Å². The molecule has 2 unspecified atom stereocenters. The van der Waals surface area contributed by atoms with Gasteiger partial charge in [0.15, 0.2) is 0 Å². The highest BCUT2D eigenvalue weighted by Crippen LogP contribution is 2.22. The summed E-state index contributed by atoms with van der Waals surface area (Å²) >= 11 is 0. The number of rotatable bonds is 18. The number of carbonyl (C=O) groups is 1. The van der Waals surface area contributed by atoms with Gasteiger partial charge in [0.25, 0.3) is 0 Å². The third-order valence-corrected chi connectivity index (χ3v) is 5.97. The van der Waals surface area contributed by atoms with E-state index >= 15 is 0 Å². The molecule has 1 rings (SSSR count). The molecule has 0 aliphatic rings. The second kappa shape index (κ2) is 20.7. The lowest BCUT2D eigenvalue weighted by Crippen LogP contribution is -2.45. The van der Waals surface area contributed by atoms with Crippen LogP contribution in [0.5, 0.6) is 0 Å². The number of esters is 1. The van der Waals surface area contributed by atoms with Gasteiger partial charge in [-0.2, -0.15) is 0 Å². The summed E-state index contributed by atoms with van der Waals surface area (Å²) in [6, 6.07) is 8.47. The molecule has 38 heavy (non-hydrogen) atoms. The fraction of sp³-hybridized carbons (Fsp3) is 0.594. The summed E-state index contributed by atoms with van der Waals surface area (Å²) < 4.78 is 25.1. The molecule has 1 aromatic rings. The van der Waals surface area contributed by atoms with Crippen molar-refractivity contribution in [3.05, 3.63) is 71.6 Å². The molecule has 1 aromatic carbocycles. The van der Waals surface area contributed by atoms with Gasteiger partial charge >= 0.3 is 5.97 Å². The second-order valence-corrected chi connectivity index (χ2v) is 10.1. The van der Waals surface area contributed by atoms with Crippen molar-refractivity contribution in [1.29, 1.82) is 0 Å². The fourth-order valence-electron chi connectivity index (χ4n) is 4.21. The Kier molecular flexibility index (Phi) is 19.4. The van der Waals surface area contributed by atoms with Gasteiger partial charge in [-0.25, -0.2) is 4.39 Å². The van der Waals surface area contributed by atoms with Crippen molar-refractivity contribution in [3.8, 4) is 0 Å². The minimum absolute atomic E-state index is 0.0457. The summed E-state index contributed by atoms with van der Waals surface area (Å²) in [7, 11) is 0. The fourth-order valence-corrected chi connectivity index (χ4v) is 4.21. The largest absolute Gasteiger partial charge is 0.466 e. The van der Waals surface area contributed by atoms with Gasteiger partial charge < -0.3 is 19.9 Å². The Bertz CT molecular complexity index is 863. The average Bonchev–Trinajstić information content (AvgIpc) is 2.87. The number of halogens is 1. The Balaban J connectivity index is 0.00000667. The molecule has 0 saturated heterocycles. The van der Waals surface area contributed by atoms with Crippen LogP contribution in [0, 0.1) is 12.8 Å². The van der Waals surface area contributed by atoms with Crippen molar-refractivity contribution >= 4 is 5.97 Å². The number of hydrogen-bond donors (Lipinski definition) is 2. The van der Waals surface area contributed by atoms with Gasteiger partial charge in [0.05, 0.1) is 25.9 Å². The van der Waals surface area contributed by atoms with E-state index in [9.17, 15) is 14.3 Å². The van der Waals surface area contributed by atoms with E-state index in [1.165, 1.54) is 29.4 Å². The minimum Gasteiger partial charge on any atom is -0.466 e. The van der Waals surface area contributed by atoms with Crippen molar-refractivity contribution in [2.45, 2.75) is 92.2 Å². The van der Waals surface area contributed by atoms with Crippen LogP contribution in [0.1, 0.15) is 78.4 Å². The molecule has 0 aromatic heterocycles. The summed E-state index contributed by atoms with van der Waals surface area (Å²) in [4.78, 5) is 11.6. The molecule has 0 aliphatic heterocycles. The summed E-state index contributed by atoms with van der Waals surface area (Å²) in [6.45, 7) is 18.8. The lowest BCUT2D eigenvalue weighted by atomic mass is 9.86. The van der Waals surface area contributed by atoms with Gasteiger partial charge in [0.2, 0.25) is 0 Å². The number of β-amino-alcohol motifs (C(OH)–C–C–N with tert-alkyl or cyclic N) is 1. The Hall–Kier alpha value is -2.28. The molecular weight excluding hydrogens is 481 g/mol. The van der Waals surface area contributed by atoms with Crippen molar-refractivity contribution < 1.29 is 23.8 Å². The van der Waals surface area contributed by atoms with Crippen LogP contribution in [0.2, 0.25) is 0 Å². The molecular formula is C32H52FNO4. The zero-order chi connectivity index (χ0) is 29.0. The van der Waals surface area contributed by atoms with Crippen LogP contribution in [0.4, 0.5) is 4.39 Å². The molecule has 6 heteroatoms. The number of hydrogen-bond acceptors (Lipinski definition) is 5. The summed E-state index contributed by atoms with van der Waals surface area (Å²) in [6.07, 6.45) is 6.65. The van der Waals surface area contributed by atoms with Crippen LogP contribution in [-0.4, -0.2) is 49.1 Å². The zero-order valence-corrected chi connectivity index (χ0v) is 24.8. The van der Waals surface area contributed by atoms with Crippen LogP contribution >= 0.6 is 0 Å². The molecule has 0 bridgehead atoms. The van der Waals surface area contributed by atoms with E-state index < -0.39 is 11.9 Å². The van der Waals surface area contributed by atoms with Gasteiger partial charge in [0.1, 0.15) is 5.83 Å². The number of aliphatic hydroxyl groups excluding tert-OH is 1. The molecule has 0 aliphatic carbocycles. The van der Waals surface area contributed by atoms with Crippen LogP contribution in [0.15, 0.2) is 60.5 Å². The first-order chi connectivity index (χ1) is 18.1. The molecule has 0 spiro atoms. The average molecular weight is 534 g/mol. The quantitative estimate of drug-likeness (QED) is 0.157. The molecule has 2 atom stereocenters. The maximum Gasteiger partial charge on any atom is 0.305 e. The first-order valence-corrected chi connectivity index (χ1v) is 14.0. The number of aryl methyl sites for hydroxylation is 1. The van der Waals surface area contributed by atoms with Crippen LogP contribution in [-0.2, 0) is 20.7 Å². The van der Waals surface area contributed by atoms with Gasteiger partial charge in [-0.15, -0.1) is 0 Å². The first-order valence-electron chi connectivity index (χ1n) is 14.0. The SMILES string of the molecule is C=C/C=C\C(F)=C(/CCCC(=O)OCC)COCC(O)CNC(C)(C)CC(C)Cc1ccccc1C.CC. The molecule has 216 valence electrons. The smallest absolute Gasteiger partial charge is 0.305 e. The van der Waals surface area contributed by atoms with E-state index in [2.05, 4.69) is 63.9 Å². The monoisotopic (exact) mass is 533 g/mol. The summed E-state index contributed by atoms with van der Waals surface area (Å²) in [5.41, 5.74) is 2.98. The van der Waals surface area contributed by atoms with Crippen molar-refractivity contribution in [2.24, 2.45) is 5.92 Å². The molecule has 0 amide bonds. The lowest BCUT2D eigenvalue weighted by Gasteiger charge is -2.31. The molecule has 0 heterocycles. The highest BCUT2D eigenvalue weighted by atomic mass is 19.1. The Labute approximate surface area is 231 Å². The third-order valence-electron chi connectivity index (χ3n) is 5.97. The Morgan fingerprint density at radius 3 is 2.55 bits per heavy atom. The maximum absolute atomic E-state index is 14.5. The number of carbonyl (C=O) groups excluding carboxylic acids is 1. The maximum atomic E-state index is 14.5. The normalized spacial score (nSPS) is 13.8. The highest BCUT2D eigenvalue weighted by Gasteiger charge is 2.22. The van der Waals surface area contributed by atoms with Crippen molar-refractivity contribution in [1.82, 2.24) is 5.32 Å². The molecule has 2 N–H and O–H groups in total. The first kappa shape index (κ1) is 35.7. The van der Waals surface area contributed by atoms with E-state index in [0.29, 0.717) is 37.5 Å². The molecule has 5 nitrogen and oxygen atoms in total. The van der Waals surface area contributed by atoms with Crippen molar-refractivity contribution in [2.75, 3.05) is 26.4 Å². The molecule has 0 fully saturated rings. The van der Waals surface area contributed by atoms with Crippen molar-refractivity contribution in [3.63, 3.8) is 0 Å². The predicted molar refractivity (Wildman–Crippen MR) is 157 cm³/mol. The Morgan fingerprint density at radius 2 is 1.92 bits per heavy atom. The molecule has 0 radical (unpaired) electrons. The number of nitrogens with one attached hydrogen (secondary N) is 1. The molecule has 0 saturated carbocycles. The number of aliphatic hydroxyl groups is 1. The van der Waals surface area contributed by atoms with E-state index in [1.807, 2.05) is 13.8 Å². The van der Waals surface area contributed by atoms with E-state index in [4.69, 9.17) is 9.47 Å².